The minimum atomic E-state index is -0.543. The molecule has 0 spiro atoms. The summed E-state index contributed by atoms with van der Waals surface area (Å²) < 4.78 is 5.15. The SMILES string of the molecule is CC(C)(C)OC(=O)NCCC(=O)N1CCCC[C@@H]1c1ncn[nH]1. The summed E-state index contributed by atoms with van der Waals surface area (Å²) in [6.07, 6.45) is 4.11. The molecule has 0 saturated carbocycles. The molecular weight excluding hydrogens is 298 g/mol. The van der Waals surface area contributed by atoms with Crippen LogP contribution >= 0.6 is 0 Å². The van der Waals surface area contributed by atoms with Crippen LogP contribution in [0.2, 0.25) is 0 Å². The van der Waals surface area contributed by atoms with Gasteiger partial charge in [0.2, 0.25) is 5.91 Å². The molecule has 23 heavy (non-hydrogen) atoms. The van der Waals surface area contributed by atoms with E-state index in [1.165, 1.54) is 6.33 Å². The van der Waals surface area contributed by atoms with Gasteiger partial charge in [0.25, 0.3) is 0 Å². The molecule has 0 aliphatic carbocycles. The zero-order valence-electron chi connectivity index (χ0n) is 14.0. The average molecular weight is 323 g/mol. The number of likely N-dealkylation sites (tertiary alicyclic amines) is 1. The predicted molar refractivity (Wildman–Crippen MR) is 83.5 cm³/mol. The Kier molecular flexibility index (Phi) is 5.57. The van der Waals surface area contributed by atoms with Gasteiger partial charge in [0.1, 0.15) is 17.8 Å². The largest absolute Gasteiger partial charge is 0.444 e. The number of H-pyrrole nitrogens is 1. The average Bonchev–Trinajstić information content (AvgIpc) is 2.99. The van der Waals surface area contributed by atoms with E-state index in [0.29, 0.717) is 6.54 Å². The Morgan fingerprint density at radius 2 is 2.22 bits per heavy atom. The van der Waals surface area contributed by atoms with Crippen LogP contribution < -0.4 is 5.32 Å². The first kappa shape index (κ1) is 17.2. The molecule has 128 valence electrons. The zero-order chi connectivity index (χ0) is 16.9. The first-order valence-corrected chi connectivity index (χ1v) is 7.98. The molecule has 0 radical (unpaired) electrons. The summed E-state index contributed by atoms with van der Waals surface area (Å²) in [5, 5.41) is 9.32. The summed E-state index contributed by atoms with van der Waals surface area (Å²) in [7, 11) is 0. The van der Waals surface area contributed by atoms with Gasteiger partial charge in [-0.3, -0.25) is 9.89 Å². The van der Waals surface area contributed by atoms with Crippen molar-refractivity contribution in [1.29, 1.82) is 0 Å². The van der Waals surface area contributed by atoms with E-state index in [9.17, 15) is 9.59 Å². The summed E-state index contributed by atoms with van der Waals surface area (Å²) in [5.41, 5.74) is -0.543. The van der Waals surface area contributed by atoms with Crippen molar-refractivity contribution in [2.24, 2.45) is 0 Å². The van der Waals surface area contributed by atoms with E-state index in [4.69, 9.17) is 4.74 Å². The van der Waals surface area contributed by atoms with E-state index in [2.05, 4.69) is 20.5 Å². The number of ether oxygens (including phenoxy) is 1. The number of hydrogen-bond acceptors (Lipinski definition) is 5. The number of aromatic amines is 1. The standard InChI is InChI=1S/C15H25N5O3/c1-15(2,3)23-14(22)16-8-7-12(21)20-9-5-4-6-11(20)13-17-10-18-19-13/h10-11H,4-9H2,1-3H3,(H,16,22)(H,17,18,19)/t11-/m1/s1. The number of alkyl carbamates (subject to hydrolysis) is 1. The van der Waals surface area contributed by atoms with E-state index < -0.39 is 11.7 Å². The van der Waals surface area contributed by atoms with Gasteiger partial charge in [-0.15, -0.1) is 0 Å². The number of nitrogens with one attached hydrogen (secondary N) is 2. The van der Waals surface area contributed by atoms with Crippen LogP contribution in [0.3, 0.4) is 0 Å². The summed E-state index contributed by atoms with van der Waals surface area (Å²) >= 11 is 0. The normalized spacial score (nSPS) is 18.6. The maximum Gasteiger partial charge on any atom is 0.407 e. The summed E-state index contributed by atoms with van der Waals surface area (Å²) in [4.78, 5) is 30.0. The third-order valence-electron chi connectivity index (χ3n) is 3.58. The third kappa shape index (κ3) is 5.22. The van der Waals surface area contributed by atoms with Gasteiger partial charge < -0.3 is 15.0 Å². The van der Waals surface area contributed by atoms with Crippen molar-refractivity contribution in [2.75, 3.05) is 13.1 Å². The number of hydrogen-bond donors (Lipinski definition) is 2. The number of rotatable bonds is 4. The number of piperidine rings is 1. The van der Waals surface area contributed by atoms with Crippen molar-refractivity contribution in [2.45, 2.75) is 58.1 Å². The highest BCUT2D eigenvalue weighted by Crippen LogP contribution is 2.28. The number of amides is 2. The second kappa shape index (κ2) is 7.43. The van der Waals surface area contributed by atoms with Gasteiger partial charge in [0, 0.05) is 19.5 Å². The minimum absolute atomic E-state index is 0.00200. The van der Waals surface area contributed by atoms with Crippen molar-refractivity contribution < 1.29 is 14.3 Å². The van der Waals surface area contributed by atoms with Crippen LogP contribution in [0.25, 0.3) is 0 Å². The molecule has 0 unspecified atom stereocenters. The lowest BCUT2D eigenvalue weighted by atomic mass is 10.0. The molecule has 2 amide bonds. The molecule has 1 aliphatic heterocycles. The van der Waals surface area contributed by atoms with Crippen LogP contribution in [0, 0.1) is 0 Å². The molecule has 1 aromatic rings. The fourth-order valence-electron chi connectivity index (χ4n) is 2.62. The minimum Gasteiger partial charge on any atom is -0.444 e. The number of carbonyl (C=O) groups excluding carboxylic acids is 2. The lowest BCUT2D eigenvalue weighted by molar-refractivity contribution is -0.135. The van der Waals surface area contributed by atoms with Gasteiger partial charge in [0.15, 0.2) is 0 Å². The molecule has 8 heteroatoms. The van der Waals surface area contributed by atoms with Crippen LogP contribution in [0.4, 0.5) is 4.79 Å². The second-order valence-electron chi connectivity index (χ2n) is 6.65. The van der Waals surface area contributed by atoms with E-state index in [-0.39, 0.29) is 24.9 Å². The highest BCUT2D eigenvalue weighted by atomic mass is 16.6. The third-order valence-corrected chi connectivity index (χ3v) is 3.58. The van der Waals surface area contributed by atoms with Gasteiger partial charge in [-0.1, -0.05) is 0 Å². The molecule has 8 nitrogen and oxygen atoms in total. The Labute approximate surface area is 136 Å². The molecule has 1 atom stereocenters. The first-order chi connectivity index (χ1) is 10.9. The molecule has 1 fully saturated rings. The molecule has 0 aromatic carbocycles. The Hall–Kier alpha value is -2.12. The molecule has 1 saturated heterocycles. The Bertz CT molecular complexity index is 524. The lowest BCUT2D eigenvalue weighted by Crippen LogP contribution is -2.41. The van der Waals surface area contributed by atoms with Crippen LogP contribution in [0.1, 0.15) is 58.3 Å². The fraction of sp³-hybridized carbons (Fsp3) is 0.733. The Morgan fingerprint density at radius 3 is 2.87 bits per heavy atom. The van der Waals surface area contributed by atoms with E-state index in [1.54, 1.807) is 20.8 Å². The molecule has 1 aliphatic rings. The molecular formula is C15H25N5O3. The number of carbonyl (C=O) groups is 2. The maximum absolute atomic E-state index is 12.4. The van der Waals surface area contributed by atoms with Crippen molar-refractivity contribution in [1.82, 2.24) is 25.4 Å². The predicted octanol–water partition coefficient (Wildman–Crippen LogP) is 1.77. The molecule has 0 bridgehead atoms. The van der Waals surface area contributed by atoms with E-state index in [0.717, 1.165) is 25.1 Å². The van der Waals surface area contributed by atoms with Crippen LogP contribution in [0.15, 0.2) is 6.33 Å². The van der Waals surface area contributed by atoms with Crippen molar-refractivity contribution in [3.8, 4) is 0 Å². The zero-order valence-corrected chi connectivity index (χ0v) is 14.0. The van der Waals surface area contributed by atoms with Gasteiger partial charge in [-0.25, -0.2) is 9.78 Å². The number of aromatic nitrogens is 3. The molecule has 2 heterocycles. The second-order valence-corrected chi connectivity index (χ2v) is 6.65. The van der Waals surface area contributed by atoms with Gasteiger partial charge in [0.05, 0.1) is 6.04 Å². The molecule has 1 aromatic heterocycles. The van der Waals surface area contributed by atoms with Gasteiger partial charge >= 0.3 is 6.09 Å². The van der Waals surface area contributed by atoms with Crippen LogP contribution in [0.5, 0.6) is 0 Å². The van der Waals surface area contributed by atoms with Gasteiger partial charge in [-0.2, -0.15) is 5.10 Å². The van der Waals surface area contributed by atoms with Crippen LogP contribution in [-0.2, 0) is 9.53 Å². The number of nitrogens with zero attached hydrogens (tertiary/aromatic N) is 3. The lowest BCUT2D eigenvalue weighted by Gasteiger charge is -2.34. The van der Waals surface area contributed by atoms with Gasteiger partial charge in [-0.05, 0) is 40.0 Å². The van der Waals surface area contributed by atoms with Crippen LogP contribution in [-0.4, -0.2) is 50.8 Å². The first-order valence-electron chi connectivity index (χ1n) is 7.98. The summed E-state index contributed by atoms with van der Waals surface area (Å²) in [6, 6.07) is -0.0553. The van der Waals surface area contributed by atoms with E-state index >= 15 is 0 Å². The topological polar surface area (TPSA) is 100 Å². The smallest absolute Gasteiger partial charge is 0.407 e. The highest BCUT2D eigenvalue weighted by Gasteiger charge is 2.29. The molecule has 2 rings (SSSR count). The monoisotopic (exact) mass is 323 g/mol. The highest BCUT2D eigenvalue weighted by molar-refractivity contribution is 5.77. The summed E-state index contributed by atoms with van der Waals surface area (Å²) in [6.45, 7) is 6.36. The fourth-order valence-corrected chi connectivity index (χ4v) is 2.62. The Balaban J connectivity index is 1.83. The molecule has 2 N–H and O–H groups in total. The summed E-state index contributed by atoms with van der Waals surface area (Å²) in [5.74, 6) is 0.723. The van der Waals surface area contributed by atoms with E-state index in [1.807, 2.05) is 4.90 Å². The van der Waals surface area contributed by atoms with Crippen molar-refractivity contribution in [3.05, 3.63) is 12.2 Å². The van der Waals surface area contributed by atoms with Crippen molar-refractivity contribution in [3.63, 3.8) is 0 Å². The quantitative estimate of drug-likeness (QED) is 0.879. The van der Waals surface area contributed by atoms with Crippen molar-refractivity contribution >= 4 is 12.0 Å². The maximum atomic E-state index is 12.4. The Morgan fingerprint density at radius 1 is 1.43 bits per heavy atom.